The van der Waals surface area contributed by atoms with Crippen LogP contribution in [0.15, 0.2) is 24.5 Å². The molecule has 27 heavy (non-hydrogen) atoms. The summed E-state index contributed by atoms with van der Waals surface area (Å²) < 4.78 is 7.25. The van der Waals surface area contributed by atoms with Crippen LogP contribution in [0.1, 0.15) is 11.5 Å². The highest BCUT2D eigenvalue weighted by Gasteiger charge is 2.15. The number of nitrogens with zero attached hydrogens (tertiary/aromatic N) is 6. The van der Waals surface area contributed by atoms with Gasteiger partial charge in [-0.3, -0.25) is 19.7 Å². The number of hydrogen-bond donors (Lipinski definition) is 0. The van der Waals surface area contributed by atoms with E-state index in [9.17, 15) is 4.79 Å². The van der Waals surface area contributed by atoms with Gasteiger partial charge in [-0.05, 0) is 19.1 Å². The van der Waals surface area contributed by atoms with Gasteiger partial charge in [0.25, 0.3) is 0 Å². The molecule has 3 aromatic heterocycles. The number of ketones is 1. The van der Waals surface area contributed by atoms with E-state index in [0.717, 1.165) is 46.9 Å². The first-order valence-electron chi connectivity index (χ1n) is 9.03. The minimum absolute atomic E-state index is 0.164. The molecule has 4 heterocycles. The van der Waals surface area contributed by atoms with E-state index in [1.807, 2.05) is 30.7 Å². The van der Waals surface area contributed by atoms with Gasteiger partial charge >= 0.3 is 0 Å². The zero-order valence-corrected chi connectivity index (χ0v) is 15.6. The zero-order valence-electron chi connectivity index (χ0n) is 15.6. The van der Waals surface area contributed by atoms with E-state index < -0.39 is 0 Å². The van der Waals surface area contributed by atoms with Crippen LogP contribution in [0.5, 0.6) is 0 Å². The lowest BCUT2D eigenvalue weighted by atomic mass is 10.1. The van der Waals surface area contributed by atoms with Crippen LogP contribution in [0.2, 0.25) is 0 Å². The molecule has 3 aromatic rings. The van der Waals surface area contributed by atoms with Gasteiger partial charge in [0.1, 0.15) is 5.82 Å². The standard InChI is InChI=1S/C19H22N6O2/c1-13-22-23-19(24(13)2)15-7-14-8-16(20-11-18(14)21-10-15)9-17(26)12-25-3-5-27-6-4-25/h7-8,10-11H,3-6,9,12H2,1-2H3. The SMILES string of the molecule is Cc1nnc(-c2cnc3cnc(CC(=O)CN4CCOCC4)cc3c2)n1C. The summed E-state index contributed by atoms with van der Waals surface area (Å²) in [5.74, 6) is 1.77. The topological polar surface area (TPSA) is 86.0 Å². The summed E-state index contributed by atoms with van der Waals surface area (Å²) in [6.45, 7) is 5.35. The third-order valence-corrected chi connectivity index (χ3v) is 4.86. The molecule has 140 valence electrons. The molecular weight excluding hydrogens is 344 g/mol. The van der Waals surface area contributed by atoms with Gasteiger partial charge in [-0.15, -0.1) is 10.2 Å². The molecule has 1 fully saturated rings. The fourth-order valence-electron chi connectivity index (χ4n) is 3.22. The van der Waals surface area contributed by atoms with Gasteiger partial charge in [-0.2, -0.15) is 0 Å². The van der Waals surface area contributed by atoms with E-state index in [2.05, 4.69) is 25.1 Å². The molecule has 8 heteroatoms. The van der Waals surface area contributed by atoms with Crippen molar-refractivity contribution in [2.45, 2.75) is 13.3 Å². The maximum absolute atomic E-state index is 12.4. The maximum atomic E-state index is 12.4. The Labute approximate surface area is 157 Å². The fraction of sp³-hybridized carbons (Fsp3) is 0.421. The molecule has 8 nitrogen and oxygen atoms in total. The van der Waals surface area contributed by atoms with E-state index in [4.69, 9.17) is 4.74 Å². The van der Waals surface area contributed by atoms with Crippen LogP contribution in [0.4, 0.5) is 0 Å². The molecular formula is C19H22N6O2. The molecule has 1 saturated heterocycles. The highest BCUT2D eigenvalue weighted by molar-refractivity contribution is 5.85. The van der Waals surface area contributed by atoms with E-state index >= 15 is 0 Å². The molecule has 0 atom stereocenters. The lowest BCUT2D eigenvalue weighted by Gasteiger charge is -2.25. The Balaban J connectivity index is 1.53. The van der Waals surface area contributed by atoms with E-state index in [0.29, 0.717) is 26.2 Å². The molecule has 0 spiro atoms. The second-order valence-electron chi connectivity index (χ2n) is 6.83. The molecule has 0 aliphatic carbocycles. The van der Waals surface area contributed by atoms with Crippen LogP contribution in [-0.4, -0.2) is 68.3 Å². The average Bonchev–Trinajstić information content (AvgIpc) is 3.01. The van der Waals surface area contributed by atoms with Crippen molar-refractivity contribution in [2.75, 3.05) is 32.8 Å². The number of Topliss-reactive ketones (excluding diaryl/α,β-unsaturated/α-hetero) is 1. The minimum atomic E-state index is 0.164. The van der Waals surface area contributed by atoms with Crippen molar-refractivity contribution in [3.63, 3.8) is 0 Å². The first-order chi connectivity index (χ1) is 13.1. The van der Waals surface area contributed by atoms with Crippen molar-refractivity contribution in [2.24, 2.45) is 7.05 Å². The molecule has 4 rings (SSSR count). The summed E-state index contributed by atoms with van der Waals surface area (Å²) in [6.07, 6.45) is 3.82. The highest BCUT2D eigenvalue weighted by atomic mass is 16.5. The number of fused-ring (bicyclic) bond motifs is 1. The van der Waals surface area contributed by atoms with Crippen molar-refractivity contribution in [3.05, 3.63) is 36.0 Å². The quantitative estimate of drug-likeness (QED) is 0.670. The van der Waals surface area contributed by atoms with E-state index in [1.165, 1.54) is 0 Å². The van der Waals surface area contributed by atoms with Gasteiger partial charge in [0, 0.05) is 43.0 Å². The summed E-state index contributed by atoms with van der Waals surface area (Å²) >= 11 is 0. The van der Waals surface area contributed by atoms with Crippen LogP contribution in [0.25, 0.3) is 22.3 Å². The Morgan fingerprint density at radius 3 is 2.70 bits per heavy atom. The molecule has 0 saturated carbocycles. The van der Waals surface area contributed by atoms with Gasteiger partial charge < -0.3 is 9.30 Å². The van der Waals surface area contributed by atoms with Gasteiger partial charge in [-0.1, -0.05) is 0 Å². The largest absolute Gasteiger partial charge is 0.379 e. The van der Waals surface area contributed by atoms with Gasteiger partial charge in [0.2, 0.25) is 0 Å². The summed E-state index contributed by atoms with van der Waals surface area (Å²) in [5.41, 5.74) is 2.44. The van der Waals surface area contributed by atoms with Crippen LogP contribution in [0, 0.1) is 6.92 Å². The number of carbonyl (C=O) groups excluding carboxylic acids is 1. The Bertz CT molecular complexity index is 977. The van der Waals surface area contributed by atoms with Crippen molar-refractivity contribution < 1.29 is 9.53 Å². The third-order valence-electron chi connectivity index (χ3n) is 4.86. The third kappa shape index (κ3) is 3.86. The van der Waals surface area contributed by atoms with E-state index in [-0.39, 0.29) is 5.78 Å². The van der Waals surface area contributed by atoms with Crippen LogP contribution < -0.4 is 0 Å². The van der Waals surface area contributed by atoms with Gasteiger partial charge in [0.05, 0.1) is 37.9 Å². The monoisotopic (exact) mass is 366 g/mol. The number of rotatable bonds is 5. The predicted molar refractivity (Wildman–Crippen MR) is 100 cm³/mol. The van der Waals surface area contributed by atoms with Gasteiger partial charge in [-0.25, -0.2) is 0 Å². The Hall–Kier alpha value is -2.71. The lowest BCUT2D eigenvalue weighted by molar-refractivity contribution is -0.120. The van der Waals surface area contributed by atoms with E-state index in [1.54, 1.807) is 12.4 Å². The fourth-order valence-corrected chi connectivity index (χ4v) is 3.22. The molecule has 0 unspecified atom stereocenters. The molecule has 0 amide bonds. The number of morpholine rings is 1. The van der Waals surface area contributed by atoms with Crippen molar-refractivity contribution in [1.29, 1.82) is 0 Å². The molecule has 0 radical (unpaired) electrons. The second-order valence-corrected chi connectivity index (χ2v) is 6.83. The summed E-state index contributed by atoms with van der Waals surface area (Å²) in [7, 11) is 1.93. The summed E-state index contributed by atoms with van der Waals surface area (Å²) in [5, 5.41) is 9.26. The molecule has 0 bridgehead atoms. The number of pyridine rings is 2. The first-order valence-corrected chi connectivity index (χ1v) is 9.03. The van der Waals surface area contributed by atoms with Crippen molar-refractivity contribution in [1.82, 2.24) is 29.6 Å². The van der Waals surface area contributed by atoms with Gasteiger partial charge in [0.15, 0.2) is 11.6 Å². The number of aryl methyl sites for hydroxylation is 1. The van der Waals surface area contributed by atoms with Crippen LogP contribution in [0.3, 0.4) is 0 Å². The summed E-state index contributed by atoms with van der Waals surface area (Å²) in [6, 6.07) is 3.95. The zero-order chi connectivity index (χ0) is 18.8. The second kappa shape index (κ2) is 7.50. The number of ether oxygens (including phenoxy) is 1. The smallest absolute Gasteiger partial charge is 0.165 e. The van der Waals surface area contributed by atoms with Crippen molar-refractivity contribution >= 4 is 16.7 Å². The number of hydrogen-bond acceptors (Lipinski definition) is 7. The molecule has 0 N–H and O–H groups in total. The molecule has 1 aliphatic heterocycles. The summed E-state index contributed by atoms with van der Waals surface area (Å²) in [4.78, 5) is 23.4. The van der Waals surface area contributed by atoms with Crippen molar-refractivity contribution in [3.8, 4) is 11.4 Å². The number of carbonyl (C=O) groups is 1. The van der Waals surface area contributed by atoms with Crippen LogP contribution >= 0.6 is 0 Å². The predicted octanol–water partition coefficient (Wildman–Crippen LogP) is 1.18. The Morgan fingerprint density at radius 2 is 1.96 bits per heavy atom. The first kappa shape index (κ1) is 17.7. The van der Waals surface area contributed by atoms with Crippen LogP contribution in [-0.2, 0) is 23.0 Å². The normalized spacial score (nSPS) is 15.3. The highest BCUT2D eigenvalue weighted by Crippen LogP contribution is 2.21. The minimum Gasteiger partial charge on any atom is -0.379 e. The Morgan fingerprint density at radius 1 is 1.15 bits per heavy atom. The Kier molecular flexibility index (Phi) is 4.91. The molecule has 1 aliphatic rings. The lowest BCUT2D eigenvalue weighted by Crippen LogP contribution is -2.39. The molecule has 0 aromatic carbocycles. The maximum Gasteiger partial charge on any atom is 0.165 e. The number of aromatic nitrogens is 5. The average molecular weight is 366 g/mol.